The van der Waals surface area contributed by atoms with E-state index in [1.165, 1.54) is 4.72 Å². The quantitative estimate of drug-likeness (QED) is 0.141. The molecule has 0 bridgehead atoms. The standard InChI is InChI=1S/C27H52F3N3O7S/c1-20(2)18-26(9,24(4,5)6)22(34)39-17-15-32-23(35)31-13-10-12-25(7,8)40-19-21(3)38-16-11-14-33-41(36,37)27(28,29)30/h20-21,33H,10-19H2,1-9H3,(H2,31,32,35). The molecule has 0 saturated heterocycles. The van der Waals surface area contributed by atoms with E-state index in [2.05, 4.69) is 24.5 Å². The van der Waals surface area contributed by atoms with Crippen LogP contribution in [0.2, 0.25) is 0 Å². The number of carbonyl (C=O) groups is 2. The lowest BCUT2D eigenvalue weighted by molar-refractivity contribution is -0.163. The third kappa shape index (κ3) is 15.4. The average molecular weight is 620 g/mol. The Kier molecular flexibility index (Phi) is 16.2. The first-order valence-electron chi connectivity index (χ1n) is 14.0. The minimum atomic E-state index is -5.35. The second-order valence-corrected chi connectivity index (χ2v) is 14.3. The largest absolute Gasteiger partial charge is 0.511 e. The molecule has 2 atom stereocenters. The van der Waals surface area contributed by atoms with Crippen molar-refractivity contribution >= 4 is 22.0 Å². The lowest BCUT2D eigenvalue weighted by atomic mass is 9.64. The van der Waals surface area contributed by atoms with Gasteiger partial charge in [0.1, 0.15) is 6.61 Å². The molecule has 0 heterocycles. The van der Waals surface area contributed by atoms with Crippen molar-refractivity contribution in [3.8, 4) is 0 Å². The molecule has 2 unspecified atom stereocenters. The predicted octanol–water partition coefficient (Wildman–Crippen LogP) is 4.74. The van der Waals surface area contributed by atoms with E-state index in [0.717, 1.165) is 0 Å². The Balaban J connectivity index is 4.15. The lowest BCUT2D eigenvalue weighted by Crippen LogP contribution is -2.44. The summed E-state index contributed by atoms with van der Waals surface area (Å²) < 4.78 is 77.0. The minimum Gasteiger partial charge on any atom is -0.463 e. The topological polar surface area (TPSA) is 132 Å². The van der Waals surface area contributed by atoms with E-state index in [0.29, 0.717) is 31.7 Å². The second-order valence-electron chi connectivity index (χ2n) is 12.6. The van der Waals surface area contributed by atoms with Crippen LogP contribution in [0.3, 0.4) is 0 Å². The number of hydrogen-bond donors (Lipinski definition) is 3. The molecule has 0 aromatic heterocycles. The number of urea groups is 1. The van der Waals surface area contributed by atoms with Gasteiger partial charge in [0.25, 0.3) is 0 Å². The van der Waals surface area contributed by atoms with E-state index >= 15 is 0 Å². The highest BCUT2D eigenvalue weighted by molar-refractivity contribution is 7.90. The molecule has 0 aromatic carbocycles. The minimum absolute atomic E-state index is 0.0669. The van der Waals surface area contributed by atoms with Gasteiger partial charge in [-0.3, -0.25) is 4.79 Å². The first-order valence-corrected chi connectivity index (χ1v) is 15.5. The Morgan fingerprint density at radius 3 is 1.98 bits per heavy atom. The summed E-state index contributed by atoms with van der Waals surface area (Å²) in [7, 11) is -5.35. The lowest BCUT2D eigenvalue weighted by Gasteiger charge is -2.40. The molecule has 2 amide bonds. The zero-order valence-electron chi connectivity index (χ0n) is 26.1. The number of alkyl halides is 3. The van der Waals surface area contributed by atoms with Crippen LogP contribution >= 0.6 is 0 Å². The highest BCUT2D eigenvalue weighted by atomic mass is 32.2. The van der Waals surface area contributed by atoms with Crippen LogP contribution in [0.15, 0.2) is 0 Å². The molecule has 0 fully saturated rings. The molecule has 0 saturated carbocycles. The summed E-state index contributed by atoms with van der Waals surface area (Å²) in [5, 5.41) is 5.44. The van der Waals surface area contributed by atoms with Gasteiger partial charge in [-0.15, -0.1) is 0 Å². The molecular formula is C27H52F3N3O7S. The third-order valence-electron chi connectivity index (χ3n) is 6.81. The number of nitrogens with one attached hydrogen (secondary N) is 3. The van der Waals surface area contributed by atoms with Crippen LogP contribution in [0.25, 0.3) is 0 Å². The van der Waals surface area contributed by atoms with Crippen LogP contribution in [-0.2, 0) is 29.0 Å². The van der Waals surface area contributed by atoms with Crippen molar-refractivity contribution in [3.63, 3.8) is 0 Å². The molecule has 0 aliphatic heterocycles. The van der Waals surface area contributed by atoms with Gasteiger partial charge >= 0.3 is 27.5 Å². The number of esters is 1. The predicted molar refractivity (Wildman–Crippen MR) is 152 cm³/mol. The normalized spacial score (nSPS) is 15.3. The van der Waals surface area contributed by atoms with Gasteiger partial charge < -0.3 is 24.8 Å². The van der Waals surface area contributed by atoms with Gasteiger partial charge in [-0.25, -0.2) is 17.9 Å². The highest BCUT2D eigenvalue weighted by Crippen LogP contribution is 2.44. The van der Waals surface area contributed by atoms with Crippen molar-refractivity contribution in [3.05, 3.63) is 0 Å². The van der Waals surface area contributed by atoms with E-state index in [1.807, 2.05) is 41.5 Å². The van der Waals surface area contributed by atoms with Crippen LogP contribution in [0.1, 0.15) is 88.0 Å². The molecular weight excluding hydrogens is 567 g/mol. The number of carbonyl (C=O) groups excluding carboxylic acids is 2. The number of hydrogen-bond acceptors (Lipinski definition) is 7. The molecule has 14 heteroatoms. The van der Waals surface area contributed by atoms with Gasteiger partial charge in [-0.05, 0) is 64.7 Å². The Bertz CT molecular complexity index is 907. The van der Waals surface area contributed by atoms with Gasteiger partial charge in [0.15, 0.2) is 0 Å². The van der Waals surface area contributed by atoms with Gasteiger partial charge in [0.05, 0.1) is 30.3 Å². The highest BCUT2D eigenvalue weighted by Gasteiger charge is 2.46. The molecule has 0 rings (SSSR count). The second kappa shape index (κ2) is 16.9. The Morgan fingerprint density at radius 1 is 0.854 bits per heavy atom. The van der Waals surface area contributed by atoms with Gasteiger partial charge in [-0.2, -0.15) is 13.2 Å². The summed E-state index contributed by atoms with van der Waals surface area (Å²) in [6.07, 6.45) is 1.71. The van der Waals surface area contributed by atoms with Crippen LogP contribution in [0.4, 0.5) is 18.0 Å². The number of sulfonamides is 1. The number of ether oxygens (including phenoxy) is 3. The molecule has 0 radical (unpaired) electrons. The first-order chi connectivity index (χ1) is 18.5. The number of rotatable bonds is 19. The maximum atomic E-state index is 12.8. The fourth-order valence-electron chi connectivity index (χ4n) is 3.87. The van der Waals surface area contributed by atoms with Crippen LogP contribution in [0.5, 0.6) is 0 Å². The number of halogens is 3. The van der Waals surface area contributed by atoms with Gasteiger partial charge in [0.2, 0.25) is 0 Å². The van der Waals surface area contributed by atoms with Gasteiger partial charge in [-0.1, -0.05) is 34.6 Å². The van der Waals surface area contributed by atoms with E-state index in [9.17, 15) is 31.2 Å². The van der Waals surface area contributed by atoms with Crippen molar-refractivity contribution in [2.75, 3.05) is 39.5 Å². The maximum absolute atomic E-state index is 12.8. The summed E-state index contributed by atoms with van der Waals surface area (Å²) in [4.78, 5) is 24.9. The summed E-state index contributed by atoms with van der Waals surface area (Å²) >= 11 is 0. The van der Waals surface area contributed by atoms with E-state index in [1.54, 1.807) is 6.92 Å². The van der Waals surface area contributed by atoms with E-state index < -0.39 is 26.5 Å². The zero-order valence-corrected chi connectivity index (χ0v) is 26.9. The van der Waals surface area contributed by atoms with Crippen molar-refractivity contribution in [2.45, 2.75) is 105 Å². The van der Waals surface area contributed by atoms with Crippen LogP contribution in [-0.4, -0.2) is 77.1 Å². The fraction of sp³-hybridized carbons (Fsp3) is 0.926. The monoisotopic (exact) mass is 619 g/mol. The van der Waals surface area contributed by atoms with Gasteiger partial charge in [0, 0.05) is 19.7 Å². The first kappa shape index (κ1) is 39.4. The van der Waals surface area contributed by atoms with E-state index in [4.69, 9.17) is 14.2 Å². The Hall–Kier alpha value is -1.64. The summed E-state index contributed by atoms with van der Waals surface area (Å²) in [5.74, 6) is 0.0684. The molecule has 3 N–H and O–H groups in total. The molecule has 244 valence electrons. The fourth-order valence-corrected chi connectivity index (χ4v) is 4.44. The zero-order chi connectivity index (χ0) is 32.1. The Morgan fingerprint density at radius 2 is 1.44 bits per heavy atom. The smallest absolute Gasteiger partial charge is 0.463 e. The Labute approximate surface area is 244 Å². The molecule has 10 nitrogen and oxygen atoms in total. The van der Waals surface area contributed by atoms with Crippen molar-refractivity contribution in [2.24, 2.45) is 16.7 Å². The summed E-state index contributed by atoms with van der Waals surface area (Å²) in [5.41, 5.74) is -6.75. The van der Waals surface area contributed by atoms with Crippen LogP contribution < -0.4 is 15.4 Å². The van der Waals surface area contributed by atoms with Crippen molar-refractivity contribution in [1.29, 1.82) is 0 Å². The third-order valence-corrected chi connectivity index (χ3v) is 8.01. The van der Waals surface area contributed by atoms with E-state index in [-0.39, 0.29) is 62.9 Å². The average Bonchev–Trinajstić information content (AvgIpc) is 2.81. The summed E-state index contributed by atoms with van der Waals surface area (Å²) in [6.45, 7) is 18.3. The molecule has 41 heavy (non-hydrogen) atoms. The molecule has 0 aliphatic carbocycles. The maximum Gasteiger partial charge on any atom is 0.511 e. The SMILES string of the molecule is CC(C)CC(C)(C(=O)OCCNC(=O)NCCCC(C)(C)OCC(C)OCCCNS(=O)(=O)C(F)(F)F)C(C)(C)C. The van der Waals surface area contributed by atoms with Crippen molar-refractivity contribution < 1.29 is 45.4 Å². The van der Waals surface area contributed by atoms with Crippen LogP contribution in [0, 0.1) is 16.7 Å². The number of amides is 2. The summed E-state index contributed by atoms with van der Waals surface area (Å²) in [6, 6.07) is -0.361. The molecule has 0 aliphatic rings. The molecule has 0 spiro atoms. The molecule has 0 aromatic rings. The van der Waals surface area contributed by atoms with Crippen molar-refractivity contribution in [1.82, 2.24) is 15.4 Å².